The van der Waals surface area contributed by atoms with Gasteiger partial charge < -0.3 is 14.8 Å². The molecule has 0 spiro atoms. The zero-order chi connectivity index (χ0) is 29.6. The van der Waals surface area contributed by atoms with Crippen LogP contribution in [0.2, 0.25) is 0 Å². The molecule has 0 saturated heterocycles. The van der Waals surface area contributed by atoms with Gasteiger partial charge in [-0.1, -0.05) is 18.2 Å². The Morgan fingerprint density at radius 1 is 1.05 bits per heavy atom. The smallest absolute Gasteiger partial charge is 0.263 e. The predicted octanol–water partition coefficient (Wildman–Crippen LogP) is 6.04. The maximum atomic E-state index is 13.9. The van der Waals surface area contributed by atoms with Crippen LogP contribution in [0.1, 0.15) is 22.6 Å². The lowest BCUT2D eigenvalue weighted by molar-refractivity contribution is -0.111. The van der Waals surface area contributed by atoms with E-state index in [0.29, 0.717) is 44.3 Å². The molecule has 1 amide bonds. The molecule has 0 bridgehead atoms. The first kappa shape index (κ1) is 29.7. The summed E-state index contributed by atoms with van der Waals surface area (Å²) in [5.74, 6) is 0.614. The number of hydrogen-bond donors (Lipinski definition) is 2. The van der Waals surface area contributed by atoms with E-state index in [1.54, 1.807) is 50.3 Å². The molecular formula is C29H26BrFN4O5S. The molecule has 0 aliphatic carbocycles. The maximum Gasteiger partial charge on any atom is 0.263 e. The van der Waals surface area contributed by atoms with Crippen LogP contribution in [0.5, 0.6) is 11.5 Å². The Kier molecular flexibility index (Phi) is 9.35. The van der Waals surface area contributed by atoms with Crippen molar-refractivity contribution >= 4 is 49.4 Å². The molecule has 0 unspecified atom stereocenters. The van der Waals surface area contributed by atoms with E-state index in [9.17, 15) is 17.6 Å². The molecule has 0 fully saturated rings. The minimum atomic E-state index is -3.89. The number of aromatic nitrogens is 2. The molecule has 2 N–H and O–H groups in total. The molecule has 0 radical (unpaired) electrons. The summed E-state index contributed by atoms with van der Waals surface area (Å²) in [5, 5.41) is 2.69. The van der Waals surface area contributed by atoms with Crippen LogP contribution in [0.25, 0.3) is 6.08 Å². The van der Waals surface area contributed by atoms with Crippen molar-refractivity contribution in [3.05, 3.63) is 106 Å². The number of methoxy groups -OCH3 is 1. The van der Waals surface area contributed by atoms with E-state index < -0.39 is 15.9 Å². The zero-order valence-electron chi connectivity index (χ0n) is 22.3. The summed E-state index contributed by atoms with van der Waals surface area (Å²) < 4.78 is 53.6. The number of hydrogen-bond acceptors (Lipinski definition) is 7. The third kappa shape index (κ3) is 7.89. The normalized spacial score (nSPS) is 11.3. The van der Waals surface area contributed by atoms with E-state index in [-0.39, 0.29) is 23.1 Å². The third-order valence-corrected chi connectivity index (χ3v) is 7.61. The molecule has 4 rings (SSSR count). The largest absolute Gasteiger partial charge is 0.493 e. The van der Waals surface area contributed by atoms with Crippen LogP contribution in [0.3, 0.4) is 0 Å². The first-order valence-corrected chi connectivity index (χ1v) is 14.5. The number of anilines is 2. The number of carbonyl (C=O) groups excluding carboxylic acids is 1. The van der Waals surface area contributed by atoms with Gasteiger partial charge in [-0.3, -0.25) is 9.52 Å². The Balaban J connectivity index is 1.40. The summed E-state index contributed by atoms with van der Waals surface area (Å²) in [7, 11) is -2.41. The Hall–Kier alpha value is -4.29. The standard InChI is InChI=1S/C29H26BrFN4O5S/c1-18-14-27(33-19(2)32-18)35-41(37,38)23-11-9-22(10-12-23)34-28(36)13-8-20-15-24(30)29(26(16-20)39-3)40-17-21-6-4-5-7-25(21)31/h4-16H,17H2,1-3H3,(H,34,36)(H,32,33,35)/b13-8+. The zero-order valence-corrected chi connectivity index (χ0v) is 24.7. The van der Waals surface area contributed by atoms with Gasteiger partial charge in [-0.25, -0.2) is 22.8 Å². The molecule has 0 aliphatic heterocycles. The fraction of sp³-hybridized carbons (Fsp3) is 0.138. The second-order valence-corrected chi connectivity index (χ2v) is 11.3. The molecule has 41 heavy (non-hydrogen) atoms. The number of amides is 1. The summed E-state index contributed by atoms with van der Waals surface area (Å²) in [4.78, 5) is 20.8. The van der Waals surface area contributed by atoms with Crippen LogP contribution in [0.4, 0.5) is 15.9 Å². The van der Waals surface area contributed by atoms with Gasteiger partial charge in [-0.15, -0.1) is 0 Å². The summed E-state index contributed by atoms with van der Waals surface area (Å²) in [5.41, 5.74) is 2.09. The van der Waals surface area contributed by atoms with E-state index >= 15 is 0 Å². The first-order valence-electron chi connectivity index (χ1n) is 12.2. The van der Waals surface area contributed by atoms with Crippen LogP contribution >= 0.6 is 15.9 Å². The Morgan fingerprint density at radius 3 is 2.46 bits per heavy atom. The van der Waals surface area contributed by atoms with Crippen molar-refractivity contribution in [2.45, 2.75) is 25.3 Å². The van der Waals surface area contributed by atoms with E-state index in [2.05, 4.69) is 35.9 Å². The summed E-state index contributed by atoms with van der Waals surface area (Å²) in [6, 6.07) is 17.0. The minimum Gasteiger partial charge on any atom is -0.493 e. The SMILES string of the molecule is COc1cc(/C=C/C(=O)Nc2ccc(S(=O)(=O)Nc3cc(C)nc(C)n3)cc2)cc(Br)c1OCc1ccccc1F. The molecule has 0 aliphatic rings. The van der Waals surface area contributed by atoms with Crippen LogP contribution in [0, 0.1) is 19.7 Å². The number of halogens is 2. The third-order valence-electron chi connectivity index (χ3n) is 5.65. The van der Waals surface area contributed by atoms with Crippen molar-refractivity contribution in [1.29, 1.82) is 0 Å². The lowest BCUT2D eigenvalue weighted by Gasteiger charge is -2.14. The number of ether oxygens (including phenoxy) is 2. The molecule has 9 nitrogen and oxygen atoms in total. The molecule has 0 atom stereocenters. The van der Waals surface area contributed by atoms with Crippen molar-refractivity contribution in [3.63, 3.8) is 0 Å². The molecule has 3 aromatic carbocycles. The van der Waals surface area contributed by atoms with Gasteiger partial charge in [0, 0.05) is 29.1 Å². The van der Waals surface area contributed by atoms with Crippen molar-refractivity contribution in [3.8, 4) is 11.5 Å². The van der Waals surface area contributed by atoms with Gasteiger partial charge in [0.15, 0.2) is 11.5 Å². The van der Waals surface area contributed by atoms with Crippen LogP contribution in [-0.4, -0.2) is 31.4 Å². The Labute approximate surface area is 245 Å². The van der Waals surface area contributed by atoms with Crippen molar-refractivity contribution in [2.75, 3.05) is 17.1 Å². The number of benzene rings is 3. The lowest BCUT2D eigenvalue weighted by atomic mass is 10.1. The second kappa shape index (κ2) is 12.9. The average Bonchev–Trinajstić information content (AvgIpc) is 2.91. The number of nitrogens with one attached hydrogen (secondary N) is 2. The second-order valence-electron chi connectivity index (χ2n) is 8.81. The number of nitrogens with zero attached hydrogens (tertiary/aromatic N) is 2. The molecule has 12 heteroatoms. The Morgan fingerprint density at radius 2 is 1.78 bits per heavy atom. The van der Waals surface area contributed by atoms with Crippen molar-refractivity contribution in [2.24, 2.45) is 0 Å². The van der Waals surface area contributed by atoms with Gasteiger partial charge in [-0.05, 0) is 83.9 Å². The highest BCUT2D eigenvalue weighted by Crippen LogP contribution is 2.37. The van der Waals surface area contributed by atoms with E-state index in [1.807, 2.05) is 0 Å². The topological polar surface area (TPSA) is 120 Å². The first-order chi connectivity index (χ1) is 19.5. The number of aryl methyl sites for hydroxylation is 2. The van der Waals surface area contributed by atoms with Gasteiger partial charge >= 0.3 is 0 Å². The molecule has 212 valence electrons. The van der Waals surface area contributed by atoms with Gasteiger partial charge in [0.25, 0.3) is 10.0 Å². The van der Waals surface area contributed by atoms with Crippen LogP contribution in [-0.2, 0) is 21.4 Å². The molecule has 0 saturated carbocycles. The van der Waals surface area contributed by atoms with Gasteiger partial charge in [0.2, 0.25) is 5.91 Å². The van der Waals surface area contributed by atoms with Crippen molar-refractivity contribution in [1.82, 2.24) is 9.97 Å². The van der Waals surface area contributed by atoms with Crippen LogP contribution < -0.4 is 19.5 Å². The maximum absolute atomic E-state index is 13.9. The summed E-state index contributed by atoms with van der Waals surface area (Å²) in [6.45, 7) is 3.43. The molecular weight excluding hydrogens is 615 g/mol. The quantitative estimate of drug-likeness (QED) is 0.203. The molecule has 1 aromatic heterocycles. The lowest BCUT2D eigenvalue weighted by Crippen LogP contribution is -2.15. The van der Waals surface area contributed by atoms with Crippen molar-refractivity contribution < 1.29 is 27.1 Å². The van der Waals surface area contributed by atoms with E-state index in [1.165, 1.54) is 49.6 Å². The van der Waals surface area contributed by atoms with Gasteiger partial charge in [0.1, 0.15) is 24.1 Å². The predicted molar refractivity (Wildman–Crippen MR) is 158 cm³/mol. The fourth-order valence-electron chi connectivity index (χ4n) is 3.78. The van der Waals surface area contributed by atoms with Crippen LogP contribution in [0.15, 0.2) is 82.2 Å². The fourth-order valence-corrected chi connectivity index (χ4v) is 5.35. The van der Waals surface area contributed by atoms with E-state index in [4.69, 9.17) is 9.47 Å². The van der Waals surface area contributed by atoms with E-state index in [0.717, 1.165) is 0 Å². The summed E-state index contributed by atoms with van der Waals surface area (Å²) >= 11 is 3.45. The number of rotatable bonds is 10. The highest BCUT2D eigenvalue weighted by molar-refractivity contribution is 9.10. The molecule has 4 aromatic rings. The Bertz CT molecular complexity index is 1690. The highest BCUT2D eigenvalue weighted by Gasteiger charge is 2.16. The monoisotopic (exact) mass is 640 g/mol. The highest BCUT2D eigenvalue weighted by atomic mass is 79.9. The molecule has 1 heterocycles. The number of carbonyl (C=O) groups is 1. The van der Waals surface area contributed by atoms with Gasteiger partial charge in [-0.2, -0.15) is 0 Å². The average molecular weight is 642 g/mol. The summed E-state index contributed by atoms with van der Waals surface area (Å²) in [6.07, 6.45) is 2.91. The number of sulfonamides is 1. The minimum absolute atomic E-state index is 0.00853. The van der Waals surface area contributed by atoms with Gasteiger partial charge in [0.05, 0.1) is 16.5 Å².